The molecule has 0 unspecified atom stereocenters. The molecule has 140 valence electrons. The zero-order valence-electron chi connectivity index (χ0n) is 15.7. The summed E-state index contributed by atoms with van der Waals surface area (Å²) in [5.41, 5.74) is 3.12. The van der Waals surface area contributed by atoms with E-state index in [-0.39, 0.29) is 11.5 Å². The van der Waals surface area contributed by atoms with Gasteiger partial charge in [0.05, 0.1) is 29.8 Å². The van der Waals surface area contributed by atoms with Crippen molar-refractivity contribution in [3.8, 4) is 23.2 Å². The SMILES string of the molecule is Cc1cc(-n2c(O)c(C)[nH]c2=O)cnc1Oc1ccc2c(c1)C(C)(C)OC2. The van der Waals surface area contributed by atoms with Gasteiger partial charge in [-0.2, -0.15) is 0 Å². The third kappa shape index (κ3) is 2.90. The minimum atomic E-state index is -0.416. The van der Waals surface area contributed by atoms with E-state index < -0.39 is 5.69 Å². The Morgan fingerprint density at radius 1 is 1.30 bits per heavy atom. The van der Waals surface area contributed by atoms with Crippen LogP contribution in [0.4, 0.5) is 0 Å². The van der Waals surface area contributed by atoms with Gasteiger partial charge in [0.15, 0.2) is 0 Å². The molecule has 0 saturated carbocycles. The standard InChI is InChI=1S/C20H21N3O4/c1-11-7-14(23-18(24)12(2)22-19(23)25)9-21-17(11)27-15-6-5-13-10-26-20(3,4)16(13)8-15/h5-9,24H,10H2,1-4H3,(H,22,25). The number of rotatable bonds is 3. The molecule has 7 nitrogen and oxygen atoms in total. The molecule has 1 aliphatic heterocycles. The van der Waals surface area contributed by atoms with Crippen LogP contribution in [-0.2, 0) is 16.9 Å². The number of fused-ring (bicyclic) bond motifs is 1. The number of aryl methyl sites for hydroxylation is 2. The molecular formula is C20H21N3O4. The van der Waals surface area contributed by atoms with Crippen LogP contribution in [0.3, 0.4) is 0 Å². The summed E-state index contributed by atoms with van der Waals surface area (Å²) in [5.74, 6) is 0.985. The lowest BCUT2D eigenvalue weighted by Gasteiger charge is -2.19. The maximum Gasteiger partial charge on any atom is 0.333 e. The summed E-state index contributed by atoms with van der Waals surface area (Å²) in [6.07, 6.45) is 1.50. The number of pyridine rings is 1. The summed E-state index contributed by atoms with van der Waals surface area (Å²) in [6, 6.07) is 7.62. The lowest BCUT2D eigenvalue weighted by molar-refractivity contribution is -0.00794. The number of hydrogen-bond acceptors (Lipinski definition) is 5. The van der Waals surface area contributed by atoms with Crippen LogP contribution >= 0.6 is 0 Å². The molecular weight excluding hydrogens is 346 g/mol. The molecule has 0 spiro atoms. The van der Waals surface area contributed by atoms with Gasteiger partial charge in [-0.25, -0.2) is 14.3 Å². The van der Waals surface area contributed by atoms with Crippen LogP contribution in [0.1, 0.15) is 36.2 Å². The molecule has 0 saturated heterocycles. The van der Waals surface area contributed by atoms with Gasteiger partial charge in [0.1, 0.15) is 5.75 Å². The molecule has 0 radical (unpaired) electrons. The van der Waals surface area contributed by atoms with E-state index in [2.05, 4.69) is 9.97 Å². The Kier molecular flexibility index (Phi) is 3.85. The third-order valence-corrected chi connectivity index (χ3v) is 4.85. The predicted octanol–water partition coefficient (Wildman–Crippen LogP) is 3.44. The fraction of sp³-hybridized carbons (Fsp3) is 0.300. The number of aromatic nitrogens is 3. The Labute approximate surface area is 156 Å². The molecule has 27 heavy (non-hydrogen) atoms. The summed E-state index contributed by atoms with van der Waals surface area (Å²) >= 11 is 0. The van der Waals surface area contributed by atoms with Gasteiger partial charge in [-0.15, -0.1) is 0 Å². The third-order valence-electron chi connectivity index (χ3n) is 4.85. The van der Waals surface area contributed by atoms with Crippen LogP contribution in [0.15, 0.2) is 35.3 Å². The maximum absolute atomic E-state index is 12.0. The van der Waals surface area contributed by atoms with Crippen molar-refractivity contribution in [2.75, 3.05) is 0 Å². The highest BCUT2D eigenvalue weighted by molar-refractivity contribution is 5.45. The van der Waals surface area contributed by atoms with Crippen LogP contribution in [0, 0.1) is 13.8 Å². The number of aromatic amines is 1. The van der Waals surface area contributed by atoms with Gasteiger partial charge < -0.3 is 19.6 Å². The Morgan fingerprint density at radius 2 is 2.07 bits per heavy atom. The molecule has 0 bridgehead atoms. The fourth-order valence-corrected chi connectivity index (χ4v) is 3.31. The second-order valence-electron chi connectivity index (χ2n) is 7.25. The Morgan fingerprint density at radius 3 is 2.74 bits per heavy atom. The van der Waals surface area contributed by atoms with Gasteiger partial charge >= 0.3 is 5.69 Å². The molecule has 1 aliphatic rings. The number of benzene rings is 1. The van der Waals surface area contributed by atoms with Gasteiger partial charge in [0, 0.05) is 5.56 Å². The number of nitrogens with zero attached hydrogens (tertiary/aromatic N) is 2. The molecule has 0 atom stereocenters. The smallest absolute Gasteiger partial charge is 0.333 e. The van der Waals surface area contributed by atoms with Crippen LogP contribution in [0.5, 0.6) is 17.5 Å². The van der Waals surface area contributed by atoms with Gasteiger partial charge in [-0.05, 0) is 57.0 Å². The van der Waals surface area contributed by atoms with Crippen molar-refractivity contribution in [3.63, 3.8) is 0 Å². The van der Waals surface area contributed by atoms with E-state index in [0.29, 0.717) is 29.6 Å². The number of imidazole rings is 1. The molecule has 0 fully saturated rings. The van der Waals surface area contributed by atoms with Gasteiger partial charge in [-0.3, -0.25) is 0 Å². The van der Waals surface area contributed by atoms with E-state index >= 15 is 0 Å². The molecule has 3 heterocycles. The number of hydrogen-bond donors (Lipinski definition) is 2. The molecule has 0 amide bonds. The minimum Gasteiger partial charge on any atom is -0.493 e. The summed E-state index contributed by atoms with van der Waals surface area (Å²) in [6.45, 7) is 8.13. The van der Waals surface area contributed by atoms with Crippen molar-refractivity contribution in [2.45, 2.75) is 39.9 Å². The lowest BCUT2D eigenvalue weighted by Crippen LogP contribution is -2.15. The first-order valence-corrected chi connectivity index (χ1v) is 8.69. The van der Waals surface area contributed by atoms with Gasteiger partial charge in [0.2, 0.25) is 11.8 Å². The van der Waals surface area contributed by atoms with E-state index in [1.54, 1.807) is 13.0 Å². The normalized spacial score (nSPS) is 15.0. The Balaban J connectivity index is 1.66. The van der Waals surface area contributed by atoms with Gasteiger partial charge in [-0.1, -0.05) is 6.07 Å². The molecule has 0 aliphatic carbocycles. The quantitative estimate of drug-likeness (QED) is 0.740. The minimum absolute atomic E-state index is 0.129. The fourth-order valence-electron chi connectivity index (χ4n) is 3.31. The predicted molar refractivity (Wildman–Crippen MR) is 99.7 cm³/mol. The number of aromatic hydroxyl groups is 1. The maximum atomic E-state index is 12.0. The van der Waals surface area contributed by atoms with Crippen molar-refractivity contribution < 1.29 is 14.6 Å². The summed E-state index contributed by atoms with van der Waals surface area (Å²) in [4.78, 5) is 18.9. The van der Waals surface area contributed by atoms with Crippen molar-refractivity contribution in [1.82, 2.24) is 14.5 Å². The van der Waals surface area contributed by atoms with E-state index in [0.717, 1.165) is 16.7 Å². The number of ether oxygens (including phenoxy) is 2. The van der Waals surface area contributed by atoms with Crippen molar-refractivity contribution >= 4 is 0 Å². The van der Waals surface area contributed by atoms with Crippen LogP contribution in [0.25, 0.3) is 5.69 Å². The van der Waals surface area contributed by atoms with Crippen molar-refractivity contribution in [3.05, 3.63) is 63.3 Å². The number of H-pyrrole nitrogens is 1. The molecule has 4 rings (SSSR count). The largest absolute Gasteiger partial charge is 0.493 e. The van der Waals surface area contributed by atoms with Crippen LogP contribution < -0.4 is 10.4 Å². The second kappa shape index (κ2) is 5.99. The monoisotopic (exact) mass is 367 g/mol. The first kappa shape index (κ1) is 17.4. The highest BCUT2D eigenvalue weighted by Gasteiger charge is 2.31. The van der Waals surface area contributed by atoms with Gasteiger partial charge in [0.25, 0.3) is 0 Å². The zero-order valence-corrected chi connectivity index (χ0v) is 15.7. The first-order valence-electron chi connectivity index (χ1n) is 8.69. The molecule has 3 aromatic rings. The van der Waals surface area contributed by atoms with E-state index in [9.17, 15) is 9.90 Å². The summed E-state index contributed by atoms with van der Waals surface area (Å²) in [7, 11) is 0. The molecule has 2 aromatic heterocycles. The zero-order chi connectivity index (χ0) is 19.3. The average molecular weight is 367 g/mol. The van der Waals surface area contributed by atoms with Crippen LogP contribution in [0.2, 0.25) is 0 Å². The average Bonchev–Trinajstić information content (AvgIpc) is 3.05. The summed E-state index contributed by atoms with van der Waals surface area (Å²) in [5, 5.41) is 10.1. The first-order chi connectivity index (χ1) is 12.8. The van der Waals surface area contributed by atoms with Crippen LogP contribution in [-0.4, -0.2) is 19.6 Å². The van der Waals surface area contributed by atoms with Crippen molar-refractivity contribution in [1.29, 1.82) is 0 Å². The van der Waals surface area contributed by atoms with E-state index in [4.69, 9.17) is 9.47 Å². The Bertz CT molecular complexity index is 1100. The second-order valence-corrected chi connectivity index (χ2v) is 7.25. The van der Waals surface area contributed by atoms with Crippen molar-refractivity contribution in [2.24, 2.45) is 0 Å². The topological polar surface area (TPSA) is 89.4 Å². The Hall–Kier alpha value is -3.06. The highest BCUT2D eigenvalue weighted by Crippen LogP contribution is 2.38. The summed E-state index contributed by atoms with van der Waals surface area (Å²) < 4.78 is 12.9. The number of nitrogens with one attached hydrogen (secondary N) is 1. The molecule has 7 heteroatoms. The lowest BCUT2D eigenvalue weighted by atomic mass is 9.96. The van der Waals surface area contributed by atoms with E-state index in [1.807, 2.05) is 39.0 Å². The molecule has 1 aromatic carbocycles. The molecule has 2 N–H and O–H groups in total. The highest BCUT2D eigenvalue weighted by atomic mass is 16.5. The van der Waals surface area contributed by atoms with E-state index in [1.165, 1.54) is 10.8 Å².